The molecule has 0 bridgehead atoms. The number of anilines is 1. The summed E-state index contributed by atoms with van der Waals surface area (Å²) in [7, 11) is 0. The van der Waals surface area contributed by atoms with E-state index in [9.17, 15) is 14.5 Å². The second-order valence-electron chi connectivity index (χ2n) is 11.4. The second kappa shape index (κ2) is 14.9. The predicted molar refractivity (Wildman–Crippen MR) is 172 cm³/mol. The predicted octanol–water partition coefficient (Wildman–Crippen LogP) is 4.92. The highest BCUT2D eigenvalue weighted by Crippen LogP contribution is 2.45. The zero-order valence-electron chi connectivity index (χ0n) is 25.6. The summed E-state index contributed by atoms with van der Waals surface area (Å²) in [5, 5.41) is 12.8. The molecule has 12 nitrogen and oxygen atoms in total. The number of hydrogen-bond donors (Lipinski definition) is 1. The van der Waals surface area contributed by atoms with E-state index in [1.165, 1.54) is 12.1 Å². The van der Waals surface area contributed by atoms with E-state index in [0.29, 0.717) is 29.5 Å². The average molecular weight is 632 g/mol. The first kappa shape index (κ1) is 31.7. The van der Waals surface area contributed by atoms with Crippen molar-refractivity contribution in [3.63, 3.8) is 0 Å². The van der Waals surface area contributed by atoms with Gasteiger partial charge < -0.3 is 24.8 Å². The van der Waals surface area contributed by atoms with Gasteiger partial charge in [-0.25, -0.2) is 14.4 Å². The molecule has 2 fully saturated rings. The van der Waals surface area contributed by atoms with Gasteiger partial charge in [0.15, 0.2) is 17.9 Å². The Balaban J connectivity index is 1.15. The van der Waals surface area contributed by atoms with Gasteiger partial charge in [-0.3, -0.25) is 20.0 Å². The molecule has 1 unspecified atom stereocenters. The number of nitrogens with two attached hydrogens (primary N) is 1. The molecule has 0 spiro atoms. The van der Waals surface area contributed by atoms with Crippen LogP contribution in [0.15, 0.2) is 54.9 Å². The number of nitro benzene ring substituents is 1. The molecular weight excluding hydrogens is 593 g/mol. The van der Waals surface area contributed by atoms with Gasteiger partial charge in [0.25, 0.3) is 0 Å². The summed E-state index contributed by atoms with van der Waals surface area (Å²) < 4.78 is 32.3. The summed E-state index contributed by atoms with van der Waals surface area (Å²) in [6, 6.07) is 10.9. The van der Waals surface area contributed by atoms with Crippen molar-refractivity contribution in [3.8, 4) is 28.3 Å². The molecule has 242 valence electrons. The highest BCUT2D eigenvalue weighted by atomic mass is 19.1. The van der Waals surface area contributed by atoms with E-state index in [0.717, 1.165) is 65.1 Å². The monoisotopic (exact) mass is 631 g/mol. The molecule has 0 aliphatic carbocycles. The molecule has 13 heteroatoms. The van der Waals surface area contributed by atoms with Crippen LogP contribution >= 0.6 is 0 Å². The standard InChI is InChI=1S/C33H38FN7O5/c34-25-7-2-1-6-24(25)33-37-26-22-27(31(41(42)43)29(30(26)32(35)38-33)23-9-11-36-12-10-23)44-20-5-13-39-14-16-40(17-15-39)18-21-46-28-8-3-4-19-45-28/h1-2,6-7,9-12,22,28H,3-5,8,13-21H2,(H2,35,37,38). The Bertz CT molecular complexity index is 1650. The van der Waals surface area contributed by atoms with Crippen molar-refractivity contribution < 1.29 is 23.5 Å². The lowest BCUT2D eigenvalue weighted by Gasteiger charge is -2.35. The van der Waals surface area contributed by atoms with Crippen LogP contribution in [0, 0.1) is 15.9 Å². The third-order valence-corrected chi connectivity index (χ3v) is 8.41. The first-order chi connectivity index (χ1) is 22.5. The zero-order chi connectivity index (χ0) is 31.9. The summed E-state index contributed by atoms with van der Waals surface area (Å²) in [4.78, 5) is 29.8. The van der Waals surface area contributed by atoms with Gasteiger partial charge in [0, 0.05) is 64.3 Å². The van der Waals surface area contributed by atoms with Crippen LogP contribution in [-0.2, 0) is 9.47 Å². The fourth-order valence-corrected chi connectivity index (χ4v) is 6.01. The van der Waals surface area contributed by atoms with Gasteiger partial charge in [0.2, 0.25) is 0 Å². The highest BCUT2D eigenvalue weighted by molar-refractivity contribution is 6.07. The lowest BCUT2D eigenvalue weighted by atomic mass is 9.98. The number of hydrogen-bond acceptors (Lipinski definition) is 11. The van der Waals surface area contributed by atoms with Crippen molar-refractivity contribution in [1.82, 2.24) is 24.8 Å². The molecule has 2 aliphatic rings. The van der Waals surface area contributed by atoms with E-state index >= 15 is 0 Å². The van der Waals surface area contributed by atoms with Crippen LogP contribution in [0.2, 0.25) is 0 Å². The molecule has 4 aromatic rings. The molecule has 6 rings (SSSR count). The third-order valence-electron chi connectivity index (χ3n) is 8.41. The topological polar surface area (TPSA) is 142 Å². The van der Waals surface area contributed by atoms with Gasteiger partial charge in [0.05, 0.1) is 40.2 Å². The van der Waals surface area contributed by atoms with Crippen LogP contribution < -0.4 is 10.5 Å². The molecule has 2 aromatic carbocycles. The van der Waals surface area contributed by atoms with E-state index in [4.69, 9.17) is 19.9 Å². The fraction of sp³-hybridized carbons (Fsp3) is 0.424. The normalized spacial score (nSPS) is 17.7. The molecular formula is C33H38FN7O5. The van der Waals surface area contributed by atoms with Crippen molar-refractivity contribution in [2.75, 3.05) is 64.8 Å². The van der Waals surface area contributed by atoms with E-state index in [1.807, 2.05) is 0 Å². The fourth-order valence-electron chi connectivity index (χ4n) is 6.01. The molecule has 1 atom stereocenters. The number of ether oxygens (including phenoxy) is 3. The van der Waals surface area contributed by atoms with Crippen LogP contribution in [0.5, 0.6) is 5.75 Å². The molecule has 2 saturated heterocycles. The molecule has 0 amide bonds. The molecule has 0 radical (unpaired) electrons. The molecule has 0 saturated carbocycles. The van der Waals surface area contributed by atoms with Crippen molar-refractivity contribution in [1.29, 1.82) is 0 Å². The zero-order valence-corrected chi connectivity index (χ0v) is 25.6. The maximum atomic E-state index is 14.6. The molecule has 46 heavy (non-hydrogen) atoms. The Morgan fingerprint density at radius 3 is 2.50 bits per heavy atom. The SMILES string of the molecule is Nc1nc(-c2ccccc2F)nc2cc(OCCCN3CCN(CCOC4CCCCO4)CC3)c([N+](=O)[O-])c(-c3ccncc3)c12. The van der Waals surface area contributed by atoms with E-state index in [1.54, 1.807) is 42.7 Å². The number of nitro groups is 1. The van der Waals surface area contributed by atoms with Crippen molar-refractivity contribution in [2.45, 2.75) is 32.0 Å². The quantitative estimate of drug-likeness (QED) is 0.129. The number of rotatable bonds is 12. The van der Waals surface area contributed by atoms with Crippen LogP contribution in [0.3, 0.4) is 0 Å². The van der Waals surface area contributed by atoms with Gasteiger partial charge in [-0.05, 0) is 55.5 Å². The maximum Gasteiger partial charge on any atom is 0.319 e. The second-order valence-corrected chi connectivity index (χ2v) is 11.4. The van der Waals surface area contributed by atoms with Crippen LogP contribution in [-0.4, -0.2) is 95.1 Å². The number of piperazine rings is 1. The minimum atomic E-state index is -0.503. The largest absolute Gasteiger partial charge is 0.487 e. The number of pyridine rings is 1. The Kier molecular flexibility index (Phi) is 10.2. The number of halogens is 1. The van der Waals surface area contributed by atoms with E-state index < -0.39 is 10.7 Å². The molecule has 2 aromatic heterocycles. The lowest BCUT2D eigenvalue weighted by Crippen LogP contribution is -2.47. The van der Waals surface area contributed by atoms with Crippen LogP contribution in [0.25, 0.3) is 33.4 Å². The summed E-state index contributed by atoms with van der Waals surface area (Å²) in [6.07, 6.45) is 6.94. The smallest absolute Gasteiger partial charge is 0.319 e. The van der Waals surface area contributed by atoms with Crippen LogP contribution in [0.4, 0.5) is 15.9 Å². The van der Waals surface area contributed by atoms with Crippen LogP contribution in [0.1, 0.15) is 25.7 Å². The first-order valence-corrected chi connectivity index (χ1v) is 15.7. The Hall–Kier alpha value is -4.30. The minimum Gasteiger partial charge on any atom is -0.487 e. The third kappa shape index (κ3) is 7.39. The summed E-state index contributed by atoms with van der Waals surface area (Å²) >= 11 is 0. The van der Waals surface area contributed by atoms with Gasteiger partial charge in [-0.1, -0.05) is 12.1 Å². The van der Waals surface area contributed by atoms with Gasteiger partial charge >= 0.3 is 5.69 Å². The van der Waals surface area contributed by atoms with E-state index in [-0.39, 0.29) is 47.1 Å². The van der Waals surface area contributed by atoms with Gasteiger partial charge in [-0.15, -0.1) is 0 Å². The van der Waals surface area contributed by atoms with Crippen molar-refractivity contribution in [3.05, 3.63) is 70.8 Å². The molecule has 4 heterocycles. The Morgan fingerprint density at radius 2 is 1.78 bits per heavy atom. The highest BCUT2D eigenvalue weighted by Gasteiger charge is 2.29. The summed E-state index contributed by atoms with van der Waals surface area (Å²) in [6.45, 7) is 7.15. The molecule has 2 N–H and O–H groups in total. The number of benzene rings is 2. The number of aromatic nitrogens is 3. The number of nitrogen functional groups attached to an aromatic ring is 1. The average Bonchev–Trinajstić information content (AvgIpc) is 3.07. The summed E-state index contributed by atoms with van der Waals surface area (Å²) in [5.74, 6) is -0.361. The van der Waals surface area contributed by atoms with Crippen molar-refractivity contribution in [2.24, 2.45) is 0 Å². The Morgan fingerprint density at radius 1 is 1.02 bits per heavy atom. The lowest BCUT2D eigenvalue weighted by molar-refractivity contribution is -0.385. The first-order valence-electron chi connectivity index (χ1n) is 15.7. The van der Waals surface area contributed by atoms with E-state index in [2.05, 4.69) is 24.8 Å². The van der Waals surface area contributed by atoms with Gasteiger partial charge in [0.1, 0.15) is 11.6 Å². The molecule has 2 aliphatic heterocycles. The minimum absolute atomic E-state index is 0.00209. The van der Waals surface area contributed by atoms with Crippen molar-refractivity contribution >= 4 is 22.4 Å². The number of nitrogens with zero attached hydrogens (tertiary/aromatic N) is 6. The number of fused-ring (bicyclic) bond motifs is 1. The van der Waals surface area contributed by atoms with Gasteiger partial charge in [-0.2, -0.15) is 0 Å². The Labute approximate surface area is 266 Å². The maximum absolute atomic E-state index is 14.6. The summed E-state index contributed by atoms with van der Waals surface area (Å²) in [5.41, 5.74) is 7.40.